The maximum atomic E-state index is 9.82. The second-order valence-electron chi connectivity index (χ2n) is 4.99. The van der Waals surface area contributed by atoms with Gasteiger partial charge in [0.2, 0.25) is 0 Å². The molecule has 1 aromatic carbocycles. The zero-order valence-electron chi connectivity index (χ0n) is 9.93. The van der Waals surface area contributed by atoms with E-state index in [0.29, 0.717) is 12.5 Å². The lowest BCUT2D eigenvalue weighted by Gasteiger charge is -2.18. The number of hydrogen-bond acceptors (Lipinski definition) is 2. The molecular formula is C15H18O2. The Morgan fingerprint density at radius 1 is 1.24 bits per heavy atom. The first-order valence-corrected chi connectivity index (χ1v) is 6.41. The molecule has 1 atom stereocenters. The molecule has 0 bridgehead atoms. The van der Waals surface area contributed by atoms with Crippen molar-refractivity contribution in [3.63, 3.8) is 0 Å². The topological polar surface area (TPSA) is 29.5 Å². The van der Waals surface area contributed by atoms with E-state index in [-0.39, 0.29) is 6.10 Å². The van der Waals surface area contributed by atoms with Crippen LogP contribution in [0, 0.1) is 5.92 Å². The number of aliphatic hydroxyl groups excluding tert-OH is 1. The molecule has 1 aromatic rings. The van der Waals surface area contributed by atoms with Gasteiger partial charge in [-0.15, -0.1) is 0 Å². The second kappa shape index (κ2) is 4.53. The summed E-state index contributed by atoms with van der Waals surface area (Å²) in [5, 5.41) is 9.82. The fourth-order valence-corrected chi connectivity index (χ4v) is 2.37. The van der Waals surface area contributed by atoms with E-state index < -0.39 is 0 Å². The number of allylic oxidation sites excluding steroid dienone is 2. The molecule has 17 heavy (non-hydrogen) atoms. The van der Waals surface area contributed by atoms with Crippen molar-refractivity contribution in [2.75, 3.05) is 6.61 Å². The molecule has 1 saturated carbocycles. The molecule has 0 amide bonds. The number of rotatable bonds is 4. The molecule has 0 radical (unpaired) electrons. The van der Waals surface area contributed by atoms with Crippen LogP contribution < -0.4 is 4.74 Å². The highest BCUT2D eigenvalue weighted by atomic mass is 16.5. The summed E-state index contributed by atoms with van der Waals surface area (Å²) >= 11 is 0. The van der Waals surface area contributed by atoms with Crippen LogP contribution in [0.5, 0.6) is 5.75 Å². The molecule has 0 aromatic heterocycles. The Kier molecular flexibility index (Phi) is 2.89. The smallest absolute Gasteiger partial charge is 0.123 e. The summed E-state index contributed by atoms with van der Waals surface area (Å²) in [7, 11) is 0. The molecule has 0 heterocycles. The summed E-state index contributed by atoms with van der Waals surface area (Å²) in [6.07, 6.45) is 8.35. The van der Waals surface area contributed by atoms with Gasteiger partial charge in [-0.3, -0.25) is 0 Å². The molecule has 90 valence electrons. The van der Waals surface area contributed by atoms with Gasteiger partial charge >= 0.3 is 0 Å². The van der Waals surface area contributed by atoms with Crippen molar-refractivity contribution in [2.45, 2.75) is 31.8 Å². The first-order chi connectivity index (χ1) is 8.34. The van der Waals surface area contributed by atoms with Crippen LogP contribution >= 0.6 is 0 Å². The number of fused-ring (bicyclic) bond motifs is 1. The van der Waals surface area contributed by atoms with Crippen molar-refractivity contribution in [1.82, 2.24) is 0 Å². The highest BCUT2D eigenvalue weighted by Crippen LogP contribution is 2.33. The third-order valence-corrected chi connectivity index (χ3v) is 3.63. The van der Waals surface area contributed by atoms with Gasteiger partial charge in [-0.05, 0) is 43.2 Å². The minimum Gasteiger partial charge on any atom is -0.491 e. The highest BCUT2D eigenvalue weighted by Gasteiger charge is 2.30. The SMILES string of the molecule is OC(COc1cccc2c1CC=CC2)C1CC1. The largest absolute Gasteiger partial charge is 0.491 e. The lowest BCUT2D eigenvalue weighted by atomic mass is 9.96. The molecule has 1 N–H and O–H groups in total. The Bertz CT molecular complexity index is 433. The van der Waals surface area contributed by atoms with Gasteiger partial charge < -0.3 is 9.84 Å². The Balaban J connectivity index is 1.70. The van der Waals surface area contributed by atoms with Crippen molar-refractivity contribution in [3.05, 3.63) is 41.5 Å². The fraction of sp³-hybridized carbons (Fsp3) is 0.467. The fourth-order valence-electron chi connectivity index (χ4n) is 2.37. The van der Waals surface area contributed by atoms with Crippen LogP contribution in [-0.2, 0) is 12.8 Å². The summed E-state index contributed by atoms with van der Waals surface area (Å²) in [5.41, 5.74) is 2.64. The maximum Gasteiger partial charge on any atom is 0.123 e. The van der Waals surface area contributed by atoms with Crippen molar-refractivity contribution in [2.24, 2.45) is 5.92 Å². The van der Waals surface area contributed by atoms with Gasteiger partial charge in [0.25, 0.3) is 0 Å². The zero-order valence-corrected chi connectivity index (χ0v) is 9.93. The minimum absolute atomic E-state index is 0.287. The first kappa shape index (κ1) is 10.8. The van der Waals surface area contributed by atoms with Crippen LogP contribution in [0.3, 0.4) is 0 Å². The third kappa shape index (κ3) is 2.37. The van der Waals surface area contributed by atoms with E-state index in [4.69, 9.17) is 4.74 Å². The normalized spacial score (nSPS) is 19.8. The first-order valence-electron chi connectivity index (χ1n) is 6.41. The van der Waals surface area contributed by atoms with Crippen LogP contribution in [0.15, 0.2) is 30.4 Å². The van der Waals surface area contributed by atoms with Gasteiger partial charge in [0.05, 0.1) is 6.10 Å². The molecule has 2 aliphatic carbocycles. The van der Waals surface area contributed by atoms with Gasteiger partial charge in [-0.2, -0.15) is 0 Å². The zero-order chi connectivity index (χ0) is 11.7. The molecular weight excluding hydrogens is 212 g/mol. The van der Waals surface area contributed by atoms with Crippen molar-refractivity contribution in [1.29, 1.82) is 0 Å². The van der Waals surface area contributed by atoms with Crippen LogP contribution in [0.1, 0.15) is 24.0 Å². The van der Waals surface area contributed by atoms with E-state index in [2.05, 4.69) is 18.2 Å². The number of hydrogen-bond donors (Lipinski definition) is 1. The Morgan fingerprint density at radius 2 is 2.06 bits per heavy atom. The second-order valence-corrected chi connectivity index (χ2v) is 4.99. The van der Waals surface area contributed by atoms with Gasteiger partial charge in [0.1, 0.15) is 12.4 Å². The van der Waals surface area contributed by atoms with Crippen LogP contribution in [0.2, 0.25) is 0 Å². The summed E-state index contributed by atoms with van der Waals surface area (Å²) in [6, 6.07) is 6.21. The molecule has 1 fully saturated rings. The summed E-state index contributed by atoms with van der Waals surface area (Å²) < 4.78 is 5.78. The molecule has 2 nitrogen and oxygen atoms in total. The summed E-state index contributed by atoms with van der Waals surface area (Å²) in [6.45, 7) is 0.435. The van der Waals surface area contributed by atoms with E-state index >= 15 is 0 Å². The van der Waals surface area contributed by atoms with E-state index in [1.54, 1.807) is 0 Å². The number of benzene rings is 1. The van der Waals surface area contributed by atoms with Gasteiger partial charge in [-0.1, -0.05) is 24.3 Å². The van der Waals surface area contributed by atoms with E-state index in [1.165, 1.54) is 11.1 Å². The van der Waals surface area contributed by atoms with E-state index in [9.17, 15) is 5.11 Å². The lowest BCUT2D eigenvalue weighted by Crippen LogP contribution is -2.20. The average molecular weight is 230 g/mol. The van der Waals surface area contributed by atoms with Crippen molar-refractivity contribution < 1.29 is 9.84 Å². The van der Waals surface area contributed by atoms with E-state index in [1.807, 2.05) is 12.1 Å². The average Bonchev–Trinajstić information content (AvgIpc) is 3.20. The Labute approximate surface area is 102 Å². The van der Waals surface area contributed by atoms with Gasteiger partial charge in [0.15, 0.2) is 0 Å². The van der Waals surface area contributed by atoms with Crippen LogP contribution in [-0.4, -0.2) is 17.8 Å². The summed E-state index contributed by atoms with van der Waals surface area (Å²) in [4.78, 5) is 0. The van der Waals surface area contributed by atoms with Crippen molar-refractivity contribution >= 4 is 0 Å². The summed E-state index contributed by atoms with van der Waals surface area (Å²) in [5.74, 6) is 1.43. The predicted molar refractivity (Wildman–Crippen MR) is 67.2 cm³/mol. The monoisotopic (exact) mass is 230 g/mol. The molecule has 0 aliphatic heterocycles. The highest BCUT2D eigenvalue weighted by molar-refractivity contribution is 5.44. The molecule has 0 saturated heterocycles. The molecule has 1 unspecified atom stereocenters. The maximum absolute atomic E-state index is 9.82. The minimum atomic E-state index is -0.287. The number of ether oxygens (including phenoxy) is 1. The van der Waals surface area contributed by atoms with Crippen LogP contribution in [0.4, 0.5) is 0 Å². The molecule has 0 spiro atoms. The van der Waals surface area contributed by atoms with Crippen LogP contribution in [0.25, 0.3) is 0 Å². The standard InChI is InChI=1S/C15H18O2/c16-14(12-8-9-12)10-17-15-7-3-5-11-4-1-2-6-13(11)15/h1-3,5,7,12,14,16H,4,6,8-10H2. The number of aliphatic hydroxyl groups is 1. The molecule has 2 aliphatic rings. The third-order valence-electron chi connectivity index (χ3n) is 3.63. The molecule has 3 rings (SSSR count). The van der Waals surface area contributed by atoms with Gasteiger partial charge in [0, 0.05) is 5.56 Å². The Hall–Kier alpha value is -1.28. The van der Waals surface area contributed by atoms with Crippen molar-refractivity contribution in [3.8, 4) is 5.75 Å². The van der Waals surface area contributed by atoms with E-state index in [0.717, 1.165) is 31.4 Å². The molecule has 2 heteroatoms. The lowest BCUT2D eigenvalue weighted by molar-refractivity contribution is 0.0890. The predicted octanol–water partition coefficient (Wildman–Crippen LogP) is 2.49. The Morgan fingerprint density at radius 3 is 2.88 bits per heavy atom. The quantitative estimate of drug-likeness (QED) is 0.805. The van der Waals surface area contributed by atoms with Gasteiger partial charge in [-0.25, -0.2) is 0 Å².